The molecule has 0 spiro atoms. The molecule has 0 aromatic carbocycles. The highest BCUT2D eigenvalue weighted by Gasteiger charge is 2.22. The fourth-order valence-corrected chi connectivity index (χ4v) is 4.55. The van der Waals surface area contributed by atoms with Crippen LogP contribution in [-0.2, 0) is 9.05 Å². The zero-order valence-electron chi connectivity index (χ0n) is 12.0. The van der Waals surface area contributed by atoms with Crippen LogP contribution in [0.3, 0.4) is 0 Å². The van der Waals surface area contributed by atoms with Crippen molar-refractivity contribution in [3.05, 3.63) is 0 Å². The van der Waals surface area contributed by atoms with E-state index in [1.54, 1.807) is 0 Å². The van der Waals surface area contributed by atoms with Gasteiger partial charge in [0.05, 0.1) is 13.2 Å². The van der Waals surface area contributed by atoms with Crippen molar-refractivity contribution in [3.63, 3.8) is 0 Å². The Kier molecular flexibility index (Phi) is 8.15. The summed E-state index contributed by atoms with van der Waals surface area (Å²) in [5.41, 5.74) is 0. The maximum Gasteiger partial charge on any atom is 0.255 e. The summed E-state index contributed by atoms with van der Waals surface area (Å²) in [5, 5.41) is 0. The second-order valence-corrected chi connectivity index (χ2v) is 7.86. The average Bonchev–Trinajstić information content (AvgIpc) is 2.53. The smallest absolute Gasteiger partial charge is 0.255 e. The van der Waals surface area contributed by atoms with Crippen LogP contribution in [0.4, 0.5) is 0 Å². The Morgan fingerprint density at radius 2 is 1.00 bits per heavy atom. The lowest BCUT2D eigenvalue weighted by molar-refractivity contribution is 0.174. The molecule has 0 radical (unpaired) electrons. The van der Waals surface area contributed by atoms with E-state index in [1.165, 1.54) is 12.8 Å². The Hall–Kier alpha value is 0.620. The number of piperidine rings is 2. The Balaban J connectivity index is 1.53. The van der Waals surface area contributed by atoms with Crippen molar-refractivity contribution >= 4 is 17.1 Å². The quantitative estimate of drug-likeness (QED) is 0.554. The van der Waals surface area contributed by atoms with Crippen molar-refractivity contribution in [2.24, 2.45) is 0 Å². The van der Waals surface area contributed by atoms with Crippen LogP contribution in [0.15, 0.2) is 0 Å². The van der Waals surface area contributed by atoms with E-state index in [2.05, 4.69) is 0 Å². The summed E-state index contributed by atoms with van der Waals surface area (Å²) in [7, 11) is -2.96. The van der Waals surface area contributed by atoms with E-state index in [-0.39, 0.29) is 0 Å². The molecule has 2 rings (SSSR count). The summed E-state index contributed by atoms with van der Waals surface area (Å²) in [5.74, 6) is 0. The maximum absolute atomic E-state index is 9.93. The van der Waals surface area contributed by atoms with Gasteiger partial charge in [0.15, 0.2) is 0 Å². The molecule has 20 heavy (non-hydrogen) atoms. The molecule has 2 aliphatic heterocycles. The molecule has 2 aliphatic rings. The fourth-order valence-electron chi connectivity index (χ4n) is 2.50. The third-order valence-corrected chi connectivity index (χ3v) is 6.24. The van der Waals surface area contributed by atoms with E-state index >= 15 is 0 Å². The first kappa shape index (κ1) is 17.0. The average molecular weight is 324 g/mol. The maximum atomic E-state index is 9.93. The van der Waals surface area contributed by atoms with Crippen molar-refractivity contribution in [2.75, 3.05) is 39.4 Å². The first-order chi connectivity index (χ1) is 9.77. The lowest BCUT2D eigenvalue weighted by Crippen LogP contribution is -2.26. The van der Waals surface area contributed by atoms with Gasteiger partial charge in [0.25, 0.3) is 17.1 Å². The van der Waals surface area contributed by atoms with Crippen molar-refractivity contribution < 1.29 is 18.8 Å². The Labute approximate surface area is 124 Å². The molecule has 2 N–H and O–H groups in total. The van der Waals surface area contributed by atoms with Crippen molar-refractivity contribution in [1.82, 2.24) is 9.34 Å². The van der Waals surface area contributed by atoms with Gasteiger partial charge >= 0.3 is 0 Å². The minimum atomic E-state index is -1.48. The lowest BCUT2D eigenvalue weighted by atomic mass is 10.2. The summed E-state index contributed by atoms with van der Waals surface area (Å²) in [6.07, 6.45) is 7.03. The van der Waals surface area contributed by atoms with Crippen molar-refractivity contribution in [2.45, 2.75) is 38.5 Å². The molecule has 2 atom stereocenters. The van der Waals surface area contributed by atoms with Gasteiger partial charge in [-0.15, -0.1) is 0 Å². The van der Waals surface area contributed by atoms with Gasteiger partial charge in [0, 0.05) is 26.2 Å². The molecule has 0 amide bonds. The van der Waals surface area contributed by atoms with Crippen LogP contribution >= 0.6 is 17.1 Å². The Bertz CT molecular complexity index is 238. The molecule has 0 saturated carbocycles. The fraction of sp³-hybridized carbons (Fsp3) is 1.00. The molecule has 2 unspecified atom stereocenters. The van der Waals surface area contributed by atoms with E-state index in [0.29, 0.717) is 13.2 Å². The normalized spacial score (nSPS) is 25.5. The van der Waals surface area contributed by atoms with Gasteiger partial charge < -0.3 is 18.8 Å². The second kappa shape index (κ2) is 9.60. The number of rotatable bonds is 7. The Morgan fingerprint density at radius 3 is 1.35 bits per heavy atom. The van der Waals surface area contributed by atoms with Gasteiger partial charge in [-0.1, -0.05) is 12.8 Å². The highest BCUT2D eigenvalue weighted by molar-refractivity contribution is 7.43. The van der Waals surface area contributed by atoms with Crippen LogP contribution in [0.25, 0.3) is 0 Å². The molecular weight excluding hydrogens is 298 g/mol. The summed E-state index contributed by atoms with van der Waals surface area (Å²) < 4.78 is 14.9. The molecule has 2 fully saturated rings. The second-order valence-electron chi connectivity index (χ2n) is 5.20. The zero-order valence-corrected chi connectivity index (χ0v) is 13.8. The molecule has 0 bridgehead atoms. The van der Waals surface area contributed by atoms with Crippen molar-refractivity contribution in [1.29, 1.82) is 0 Å². The van der Waals surface area contributed by atoms with Gasteiger partial charge in [-0.05, 0) is 25.7 Å². The van der Waals surface area contributed by atoms with Gasteiger partial charge in [0.2, 0.25) is 0 Å². The molecule has 0 aliphatic carbocycles. The third-order valence-electron chi connectivity index (χ3n) is 3.65. The largest absolute Gasteiger partial charge is 0.338 e. The SMILES string of the molecule is OP(OCCOP(O)N1CCCCC1)N1CCCCC1. The van der Waals surface area contributed by atoms with Crippen LogP contribution in [0.5, 0.6) is 0 Å². The van der Waals surface area contributed by atoms with E-state index < -0.39 is 17.1 Å². The van der Waals surface area contributed by atoms with E-state index in [4.69, 9.17) is 9.05 Å². The van der Waals surface area contributed by atoms with E-state index in [1.807, 2.05) is 9.34 Å². The first-order valence-electron chi connectivity index (χ1n) is 7.51. The van der Waals surface area contributed by atoms with Crippen molar-refractivity contribution in [3.8, 4) is 0 Å². The minimum Gasteiger partial charge on any atom is -0.338 e. The van der Waals surface area contributed by atoms with Gasteiger partial charge in [-0.3, -0.25) is 0 Å². The Morgan fingerprint density at radius 1 is 0.650 bits per heavy atom. The summed E-state index contributed by atoms with van der Waals surface area (Å²) in [4.78, 5) is 19.9. The zero-order chi connectivity index (χ0) is 14.2. The van der Waals surface area contributed by atoms with Crippen LogP contribution < -0.4 is 0 Å². The first-order valence-corrected chi connectivity index (χ1v) is 9.84. The van der Waals surface area contributed by atoms with Crippen LogP contribution in [-0.4, -0.2) is 58.5 Å². The molecule has 2 saturated heterocycles. The minimum absolute atomic E-state index is 0.339. The highest BCUT2D eigenvalue weighted by Crippen LogP contribution is 2.40. The topological polar surface area (TPSA) is 65.4 Å². The van der Waals surface area contributed by atoms with Crippen LogP contribution in [0.1, 0.15) is 38.5 Å². The molecule has 8 heteroatoms. The standard InChI is InChI=1S/C12H26N2O4P2/c15-19(13-7-3-1-4-8-13)17-11-12-18-20(16)14-9-5-2-6-10-14/h15-16H,1-12H2. The number of nitrogens with zero attached hydrogens (tertiary/aromatic N) is 2. The van der Waals surface area contributed by atoms with Crippen LogP contribution in [0.2, 0.25) is 0 Å². The predicted molar refractivity (Wildman–Crippen MR) is 81.0 cm³/mol. The monoisotopic (exact) mass is 324 g/mol. The molecule has 2 heterocycles. The van der Waals surface area contributed by atoms with Gasteiger partial charge in [-0.25, -0.2) is 9.34 Å². The third kappa shape index (κ3) is 5.78. The van der Waals surface area contributed by atoms with E-state index in [0.717, 1.165) is 51.9 Å². The van der Waals surface area contributed by atoms with E-state index in [9.17, 15) is 9.79 Å². The summed E-state index contributed by atoms with van der Waals surface area (Å²) >= 11 is 0. The highest BCUT2D eigenvalue weighted by atomic mass is 31.2. The lowest BCUT2D eigenvalue weighted by Gasteiger charge is -2.30. The van der Waals surface area contributed by atoms with Crippen LogP contribution in [0, 0.1) is 0 Å². The summed E-state index contributed by atoms with van der Waals surface area (Å²) in [6, 6.07) is 0. The van der Waals surface area contributed by atoms with Gasteiger partial charge in [0.1, 0.15) is 0 Å². The molecule has 6 nitrogen and oxygen atoms in total. The molecule has 0 aromatic heterocycles. The summed E-state index contributed by atoms with van der Waals surface area (Å²) in [6.45, 7) is 4.36. The molecular formula is C12H26N2O4P2. The molecule has 0 aromatic rings. The molecule has 118 valence electrons. The predicted octanol–water partition coefficient (Wildman–Crippen LogP) is 2.43. The number of hydrogen-bond acceptors (Lipinski definition) is 6. The number of hydrogen-bond donors (Lipinski definition) is 2. The van der Waals surface area contributed by atoms with Gasteiger partial charge in [-0.2, -0.15) is 0 Å².